The molecule has 0 amide bonds. The largest absolute Gasteiger partial charge is 0.310 e. The SMILES string of the molecule is CC(C)Cc1nc(CC(C)C)n(Cc2ccc(-n3c(-c4nnn[nH]4)ccc3C(C)C)cc2)n1. The molecule has 0 saturated carbocycles. The van der Waals surface area contributed by atoms with Gasteiger partial charge in [-0.3, -0.25) is 0 Å². The van der Waals surface area contributed by atoms with Crippen LogP contribution in [0.4, 0.5) is 0 Å². The topological polar surface area (TPSA) is 90.1 Å². The second kappa shape index (κ2) is 9.68. The Labute approximate surface area is 195 Å². The Balaban J connectivity index is 1.63. The summed E-state index contributed by atoms with van der Waals surface area (Å²) in [6.07, 6.45) is 1.83. The van der Waals surface area contributed by atoms with Gasteiger partial charge in [0.2, 0.25) is 0 Å². The van der Waals surface area contributed by atoms with Crippen molar-refractivity contribution >= 4 is 0 Å². The summed E-state index contributed by atoms with van der Waals surface area (Å²) in [5, 5.41) is 19.3. The number of rotatable bonds is 9. The molecule has 0 bridgehead atoms. The standard InChI is InChI=1S/C25H34N8/c1-16(2)13-23-26-24(14-17(3)4)32(29-23)15-19-7-9-20(10-8-19)33-21(18(5)6)11-12-22(33)25-27-30-31-28-25/h7-12,16-18H,13-15H2,1-6H3,(H,27,28,30,31). The predicted octanol–water partition coefficient (Wildman–Crippen LogP) is 4.82. The van der Waals surface area contributed by atoms with Gasteiger partial charge in [0, 0.05) is 24.2 Å². The summed E-state index contributed by atoms with van der Waals surface area (Å²) in [5.41, 5.74) is 4.44. The minimum absolute atomic E-state index is 0.363. The molecule has 0 fully saturated rings. The van der Waals surface area contributed by atoms with E-state index in [4.69, 9.17) is 10.1 Å². The maximum atomic E-state index is 4.84. The molecular weight excluding hydrogens is 412 g/mol. The third kappa shape index (κ3) is 5.21. The number of nitrogens with one attached hydrogen (secondary N) is 1. The predicted molar refractivity (Wildman–Crippen MR) is 129 cm³/mol. The highest BCUT2D eigenvalue weighted by atomic mass is 15.5. The van der Waals surface area contributed by atoms with E-state index in [-0.39, 0.29) is 0 Å². The van der Waals surface area contributed by atoms with Crippen molar-refractivity contribution in [2.75, 3.05) is 0 Å². The van der Waals surface area contributed by atoms with Crippen LogP contribution in [0.1, 0.15) is 70.4 Å². The lowest BCUT2D eigenvalue weighted by Crippen LogP contribution is -2.10. The van der Waals surface area contributed by atoms with E-state index in [0.717, 1.165) is 42.4 Å². The third-order valence-corrected chi connectivity index (χ3v) is 5.59. The molecule has 0 aliphatic carbocycles. The molecule has 0 saturated heterocycles. The lowest BCUT2D eigenvalue weighted by Gasteiger charge is -2.15. The van der Waals surface area contributed by atoms with Crippen LogP contribution in [0.5, 0.6) is 0 Å². The van der Waals surface area contributed by atoms with Gasteiger partial charge in [0.1, 0.15) is 5.82 Å². The van der Waals surface area contributed by atoms with Gasteiger partial charge in [-0.25, -0.2) is 14.8 Å². The van der Waals surface area contributed by atoms with Crippen molar-refractivity contribution in [3.05, 3.63) is 59.3 Å². The highest BCUT2D eigenvalue weighted by Gasteiger charge is 2.17. The Morgan fingerprint density at radius 2 is 1.61 bits per heavy atom. The fraction of sp³-hybridized carbons (Fsp3) is 0.480. The lowest BCUT2D eigenvalue weighted by atomic mass is 10.1. The Hall–Kier alpha value is -3.29. The first-order valence-electron chi connectivity index (χ1n) is 11.8. The molecule has 0 radical (unpaired) electrons. The summed E-state index contributed by atoms with van der Waals surface area (Å²) in [6, 6.07) is 12.9. The highest BCUT2D eigenvalue weighted by Crippen LogP contribution is 2.28. The summed E-state index contributed by atoms with van der Waals surface area (Å²) < 4.78 is 4.30. The number of aromatic nitrogens is 8. The first-order valence-corrected chi connectivity index (χ1v) is 11.8. The van der Waals surface area contributed by atoms with Gasteiger partial charge in [0.15, 0.2) is 11.6 Å². The average molecular weight is 447 g/mol. The molecule has 4 aromatic rings. The molecule has 0 aliphatic heterocycles. The summed E-state index contributed by atoms with van der Waals surface area (Å²) in [5.74, 6) is 4.10. The van der Waals surface area contributed by atoms with Crippen molar-refractivity contribution in [2.45, 2.75) is 66.8 Å². The van der Waals surface area contributed by atoms with Gasteiger partial charge < -0.3 is 4.57 Å². The summed E-state index contributed by atoms with van der Waals surface area (Å²) in [4.78, 5) is 4.84. The zero-order valence-electron chi connectivity index (χ0n) is 20.4. The maximum Gasteiger partial charge on any atom is 0.196 e. The molecule has 0 aliphatic rings. The molecule has 0 atom stereocenters. The molecule has 174 valence electrons. The molecule has 1 N–H and O–H groups in total. The number of tetrazole rings is 1. The Kier molecular flexibility index (Phi) is 6.72. The van der Waals surface area contributed by atoms with Crippen LogP contribution in [0.25, 0.3) is 17.2 Å². The van der Waals surface area contributed by atoms with Crippen molar-refractivity contribution in [2.24, 2.45) is 11.8 Å². The maximum absolute atomic E-state index is 4.84. The number of benzene rings is 1. The number of hydrogen-bond acceptors (Lipinski definition) is 5. The fourth-order valence-corrected chi connectivity index (χ4v) is 4.09. The molecule has 8 nitrogen and oxygen atoms in total. The van der Waals surface area contributed by atoms with Crippen LogP contribution in [-0.2, 0) is 19.4 Å². The summed E-state index contributed by atoms with van der Waals surface area (Å²) in [7, 11) is 0. The summed E-state index contributed by atoms with van der Waals surface area (Å²) >= 11 is 0. The Morgan fingerprint density at radius 1 is 0.879 bits per heavy atom. The van der Waals surface area contributed by atoms with E-state index in [2.05, 4.69) is 108 Å². The van der Waals surface area contributed by atoms with E-state index >= 15 is 0 Å². The first-order chi connectivity index (χ1) is 15.8. The highest BCUT2D eigenvalue weighted by molar-refractivity contribution is 5.57. The van der Waals surface area contributed by atoms with Gasteiger partial charge >= 0.3 is 0 Å². The number of nitrogens with zero attached hydrogens (tertiary/aromatic N) is 7. The van der Waals surface area contributed by atoms with Crippen molar-refractivity contribution < 1.29 is 0 Å². The smallest absolute Gasteiger partial charge is 0.196 e. The van der Waals surface area contributed by atoms with Crippen LogP contribution in [-0.4, -0.2) is 40.0 Å². The van der Waals surface area contributed by atoms with Crippen molar-refractivity contribution in [3.8, 4) is 17.2 Å². The molecule has 3 heterocycles. The molecule has 4 rings (SSSR count). The number of hydrogen-bond donors (Lipinski definition) is 1. The molecule has 0 spiro atoms. The second-order valence-corrected chi connectivity index (χ2v) is 9.85. The first kappa shape index (κ1) is 22.9. The molecule has 1 aromatic carbocycles. The summed E-state index contributed by atoms with van der Waals surface area (Å²) in [6.45, 7) is 14.0. The van der Waals surface area contributed by atoms with Crippen molar-refractivity contribution in [1.82, 2.24) is 40.0 Å². The minimum Gasteiger partial charge on any atom is -0.310 e. The van der Waals surface area contributed by atoms with E-state index < -0.39 is 0 Å². The van der Waals surface area contributed by atoms with E-state index in [1.165, 1.54) is 11.3 Å². The molecule has 0 unspecified atom stereocenters. The number of aromatic amines is 1. The van der Waals surface area contributed by atoms with Gasteiger partial charge in [-0.1, -0.05) is 53.7 Å². The van der Waals surface area contributed by atoms with Crippen LogP contribution in [0.2, 0.25) is 0 Å². The van der Waals surface area contributed by atoms with E-state index in [1.807, 2.05) is 0 Å². The van der Waals surface area contributed by atoms with E-state index in [1.54, 1.807) is 0 Å². The molecule has 33 heavy (non-hydrogen) atoms. The minimum atomic E-state index is 0.363. The fourth-order valence-electron chi connectivity index (χ4n) is 4.09. The lowest BCUT2D eigenvalue weighted by molar-refractivity contribution is 0.560. The number of H-pyrrole nitrogens is 1. The quantitative estimate of drug-likeness (QED) is 0.398. The molecule has 3 aromatic heterocycles. The zero-order valence-corrected chi connectivity index (χ0v) is 20.4. The molecule has 8 heteroatoms. The van der Waals surface area contributed by atoms with E-state index in [9.17, 15) is 0 Å². The van der Waals surface area contributed by atoms with Crippen LogP contribution in [0, 0.1) is 11.8 Å². The monoisotopic (exact) mass is 446 g/mol. The third-order valence-electron chi connectivity index (χ3n) is 5.59. The molecular formula is C25H34N8. The second-order valence-electron chi connectivity index (χ2n) is 9.85. The van der Waals surface area contributed by atoms with Crippen LogP contribution in [0.3, 0.4) is 0 Å². The van der Waals surface area contributed by atoms with Crippen LogP contribution >= 0.6 is 0 Å². The zero-order chi connectivity index (χ0) is 23.5. The Morgan fingerprint density at radius 3 is 2.21 bits per heavy atom. The van der Waals surface area contributed by atoms with Gasteiger partial charge in [-0.2, -0.15) is 5.10 Å². The Bertz CT molecular complexity index is 1160. The van der Waals surface area contributed by atoms with Crippen LogP contribution < -0.4 is 0 Å². The van der Waals surface area contributed by atoms with Crippen molar-refractivity contribution in [1.29, 1.82) is 0 Å². The van der Waals surface area contributed by atoms with Crippen molar-refractivity contribution in [3.63, 3.8) is 0 Å². The average Bonchev–Trinajstić information content (AvgIpc) is 3.48. The van der Waals surface area contributed by atoms with Gasteiger partial charge in [-0.15, -0.1) is 5.10 Å². The van der Waals surface area contributed by atoms with Gasteiger partial charge in [-0.05, 0) is 58.0 Å². The van der Waals surface area contributed by atoms with Crippen LogP contribution in [0.15, 0.2) is 36.4 Å². The normalized spacial score (nSPS) is 11.9. The van der Waals surface area contributed by atoms with E-state index in [0.29, 0.717) is 23.6 Å². The van der Waals surface area contributed by atoms with Gasteiger partial charge in [0.05, 0.1) is 12.2 Å². The van der Waals surface area contributed by atoms with Gasteiger partial charge in [0.25, 0.3) is 0 Å².